The van der Waals surface area contributed by atoms with Crippen molar-refractivity contribution in [1.82, 2.24) is 15.6 Å². The van der Waals surface area contributed by atoms with Gasteiger partial charge in [0.05, 0.1) is 24.3 Å². The SMILES string of the molecule is Cc1cnc([C@H](NC(=O)N[C@H]2C[C@H]3CC[C@H]2O3)C2CC2)s1. The minimum atomic E-state index is -0.0686. The molecule has 4 rings (SSSR count). The maximum atomic E-state index is 12.3. The number of carbonyl (C=O) groups excluding carboxylic acids is 1. The Morgan fingerprint density at radius 2 is 2.29 bits per heavy atom. The summed E-state index contributed by atoms with van der Waals surface area (Å²) in [6, 6.07) is 0.186. The highest BCUT2D eigenvalue weighted by Crippen LogP contribution is 2.42. The van der Waals surface area contributed by atoms with Crippen molar-refractivity contribution in [2.24, 2.45) is 5.92 Å². The van der Waals surface area contributed by atoms with E-state index in [1.807, 2.05) is 6.20 Å². The quantitative estimate of drug-likeness (QED) is 0.898. The average molecular weight is 307 g/mol. The minimum Gasteiger partial charge on any atom is -0.373 e. The lowest BCUT2D eigenvalue weighted by molar-refractivity contribution is 0.0980. The Labute approximate surface area is 128 Å². The van der Waals surface area contributed by atoms with Crippen LogP contribution in [0.25, 0.3) is 0 Å². The van der Waals surface area contributed by atoms with Gasteiger partial charge < -0.3 is 15.4 Å². The van der Waals surface area contributed by atoms with Gasteiger partial charge in [0.25, 0.3) is 0 Å². The number of thiazole rings is 1. The first-order chi connectivity index (χ1) is 10.2. The number of nitrogens with zero attached hydrogens (tertiary/aromatic N) is 1. The van der Waals surface area contributed by atoms with Gasteiger partial charge in [0.2, 0.25) is 0 Å². The molecule has 3 fully saturated rings. The molecule has 2 amide bonds. The second kappa shape index (κ2) is 5.25. The minimum absolute atomic E-state index is 0.0686. The van der Waals surface area contributed by atoms with E-state index < -0.39 is 0 Å². The number of amides is 2. The summed E-state index contributed by atoms with van der Waals surface area (Å²) in [6.07, 6.45) is 8.02. The van der Waals surface area contributed by atoms with Crippen molar-refractivity contribution in [3.05, 3.63) is 16.1 Å². The number of carbonyl (C=O) groups is 1. The first-order valence-corrected chi connectivity index (χ1v) is 8.65. The predicted octanol–water partition coefficient (Wildman–Crippen LogP) is 2.52. The summed E-state index contributed by atoms with van der Waals surface area (Å²) >= 11 is 1.68. The molecule has 21 heavy (non-hydrogen) atoms. The van der Waals surface area contributed by atoms with Crippen molar-refractivity contribution >= 4 is 17.4 Å². The molecular weight excluding hydrogens is 286 g/mol. The maximum Gasteiger partial charge on any atom is 0.315 e. The first-order valence-electron chi connectivity index (χ1n) is 7.84. The van der Waals surface area contributed by atoms with E-state index in [0.29, 0.717) is 12.0 Å². The number of ether oxygens (including phenoxy) is 1. The fourth-order valence-electron chi connectivity index (χ4n) is 3.47. The number of aryl methyl sites for hydroxylation is 1. The van der Waals surface area contributed by atoms with Crippen LogP contribution in [0, 0.1) is 12.8 Å². The number of nitrogens with one attached hydrogen (secondary N) is 2. The molecule has 1 aromatic rings. The van der Waals surface area contributed by atoms with Crippen LogP contribution in [0.5, 0.6) is 0 Å². The van der Waals surface area contributed by atoms with Crippen molar-refractivity contribution in [2.45, 2.75) is 63.3 Å². The largest absolute Gasteiger partial charge is 0.373 e. The highest BCUT2D eigenvalue weighted by Gasteiger charge is 2.42. The van der Waals surface area contributed by atoms with Gasteiger partial charge >= 0.3 is 6.03 Å². The molecule has 1 saturated carbocycles. The van der Waals surface area contributed by atoms with E-state index in [-0.39, 0.29) is 24.2 Å². The van der Waals surface area contributed by atoms with Crippen LogP contribution in [0.2, 0.25) is 0 Å². The monoisotopic (exact) mass is 307 g/mol. The van der Waals surface area contributed by atoms with Crippen LogP contribution in [0.1, 0.15) is 48.0 Å². The lowest BCUT2D eigenvalue weighted by Gasteiger charge is -2.22. The van der Waals surface area contributed by atoms with E-state index in [2.05, 4.69) is 22.5 Å². The van der Waals surface area contributed by atoms with E-state index in [0.717, 1.165) is 24.3 Å². The molecule has 0 unspecified atom stereocenters. The van der Waals surface area contributed by atoms with Crippen LogP contribution in [0.15, 0.2) is 6.20 Å². The molecule has 3 aliphatic rings. The van der Waals surface area contributed by atoms with Crippen LogP contribution < -0.4 is 10.6 Å². The topological polar surface area (TPSA) is 63.2 Å². The van der Waals surface area contributed by atoms with Gasteiger partial charge in [-0.1, -0.05) is 0 Å². The normalized spacial score (nSPS) is 32.1. The van der Waals surface area contributed by atoms with E-state index in [1.54, 1.807) is 11.3 Å². The lowest BCUT2D eigenvalue weighted by atomic mass is 9.96. The van der Waals surface area contributed by atoms with Gasteiger partial charge in [-0.3, -0.25) is 0 Å². The molecular formula is C15H21N3O2S. The van der Waals surface area contributed by atoms with Crippen molar-refractivity contribution < 1.29 is 9.53 Å². The Morgan fingerprint density at radius 3 is 2.86 bits per heavy atom. The number of aromatic nitrogens is 1. The summed E-state index contributed by atoms with van der Waals surface area (Å²) in [5, 5.41) is 7.28. The molecule has 2 N–H and O–H groups in total. The number of hydrogen-bond acceptors (Lipinski definition) is 4. The number of urea groups is 1. The zero-order valence-electron chi connectivity index (χ0n) is 12.2. The molecule has 2 aliphatic heterocycles. The maximum absolute atomic E-state index is 12.3. The molecule has 0 spiro atoms. The summed E-state index contributed by atoms with van der Waals surface area (Å²) in [5.74, 6) is 0.553. The van der Waals surface area contributed by atoms with Gasteiger partial charge in [-0.25, -0.2) is 9.78 Å². The van der Waals surface area contributed by atoms with Crippen molar-refractivity contribution in [3.63, 3.8) is 0 Å². The zero-order valence-corrected chi connectivity index (χ0v) is 13.0. The fraction of sp³-hybridized carbons (Fsp3) is 0.733. The van der Waals surface area contributed by atoms with Crippen molar-refractivity contribution in [2.75, 3.05) is 0 Å². The Hall–Kier alpha value is -1.14. The third-order valence-electron chi connectivity index (χ3n) is 4.71. The Morgan fingerprint density at radius 1 is 1.43 bits per heavy atom. The van der Waals surface area contributed by atoms with E-state index in [9.17, 15) is 4.79 Å². The summed E-state index contributed by atoms with van der Waals surface area (Å²) in [5.41, 5.74) is 0. The van der Waals surface area contributed by atoms with Crippen molar-refractivity contribution in [1.29, 1.82) is 0 Å². The van der Waals surface area contributed by atoms with Crippen LogP contribution in [-0.4, -0.2) is 29.3 Å². The van der Waals surface area contributed by atoms with E-state index >= 15 is 0 Å². The van der Waals surface area contributed by atoms with Gasteiger partial charge in [0.1, 0.15) is 5.01 Å². The highest BCUT2D eigenvalue weighted by molar-refractivity contribution is 7.11. The molecule has 114 valence electrons. The molecule has 1 aromatic heterocycles. The number of hydrogen-bond donors (Lipinski definition) is 2. The molecule has 6 heteroatoms. The Kier molecular flexibility index (Phi) is 3.38. The second-order valence-corrected chi connectivity index (χ2v) is 7.72. The summed E-state index contributed by atoms with van der Waals surface area (Å²) in [7, 11) is 0. The van der Waals surface area contributed by atoms with E-state index in [4.69, 9.17) is 4.74 Å². The Balaban J connectivity index is 1.38. The van der Waals surface area contributed by atoms with Gasteiger partial charge in [-0.15, -0.1) is 11.3 Å². The zero-order chi connectivity index (χ0) is 14.4. The molecule has 0 radical (unpaired) electrons. The third kappa shape index (κ3) is 2.79. The van der Waals surface area contributed by atoms with Gasteiger partial charge in [0, 0.05) is 11.1 Å². The van der Waals surface area contributed by atoms with Gasteiger partial charge in [-0.05, 0) is 44.9 Å². The van der Waals surface area contributed by atoms with Crippen LogP contribution in [0.4, 0.5) is 4.79 Å². The third-order valence-corrected chi connectivity index (χ3v) is 5.70. The van der Waals surface area contributed by atoms with Gasteiger partial charge in [0.15, 0.2) is 0 Å². The molecule has 3 heterocycles. The molecule has 4 atom stereocenters. The molecule has 0 aromatic carbocycles. The van der Waals surface area contributed by atoms with E-state index in [1.165, 1.54) is 17.7 Å². The molecule has 2 saturated heterocycles. The second-order valence-electron chi connectivity index (χ2n) is 6.46. The summed E-state index contributed by atoms with van der Waals surface area (Å²) < 4.78 is 5.79. The highest BCUT2D eigenvalue weighted by atomic mass is 32.1. The molecule has 5 nitrogen and oxygen atoms in total. The molecule has 2 bridgehead atoms. The van der Waals surface area contributed by atoms with Crippen LogP contribution >= 0.6 is 11.3 Å². The molecule has 1 aliphatic carbocycles. The first kappa shape index (κ1) is 13.5. The van der Waals surface area contributed by atoms with Crippen LogP contribution in [0.3, 0.4) is 0 Å². The van der Waals surface area contributed by atoms with Crippen LogP contribution in [-0.2, 0) is 4.74 Å². The Bertz CT molecular complexity index is 543. The van der Waals surface area contributed by atoms with Gasteiger partial charge in [-0.2, -0.15) is 0 Å². The average Bonchev–Trinajstić information content (AvgIpc) is 2.87. The predicted molar refractivity (Wildman–Crippen MR) is 80.3 cm³/mol. The van der Waals surface area contributed by atoms with Crippen molar-refractivity contribution in [3.8, 4) is 0 Å². The smallest absolute Gasteiger partial charge is 0.315 e. The number of fused-ring (bicyclic) bond motifs is 2. The number of rotatable bonds is 4. The fourth-order valence-corrected chi connectivity index (χ4v) is 4.39. The summed E-state index contributed by atoms with van der Waals surface area (Å²) in [4.78, 5) is 17.9. The standard InChI is InChI=1S/C15H21N3O2S/c1-8-7-16-14(21-8)13(9-2-3-9)18-15(19)17-11-6-10-4-5-12(11)20-10/h7,9-13H,2-6H2,1H3,(H2,17,18,19)/t10-,11+,12-,13-/m1/s1. The summed E-state index contributed by atoms with van der Waals surface area (Å²) in [6.45, 7) is 2.05. The lowest BCUT2D eigenvalue weighted by Crippen LogP contribution is -2.47.